The smallest absolute Gasteiger partial charge is 0.293 e. The van der Waals surface area contributed by atoms with E-state index in [1.807, 2.05) is 30.5 Å². The number of piperazine rings is 1. The fourth-order valence-electron chi connectivity index (χ4n) is 10.8. The van der Waals surface area contributed by atoms with E-state index in [-0.39, 0.29) is 34.6 Å². The fourth-order valence-corrected chi connectivity index (χ4v) is 10.8. The number of fused-ring (bicyclic) bond motifs is 3. The number of hydrogen-bond acceptors (Lipinski definition) is 11. The van der Waals surface area contributed by atoms with Crippen LogP contribution in [0.2, 0.25) is 0 Å². The maximum absolute atomic E-state index is 14.1. The number of anilines is 6. The van der Waals surface area contributed by atoms with Gasteiger partial charge >= 0.3 is 0 Å². The summed E-state index contributed by atoms with van der Waals surface area (Å²) in [4.78, 5) is 63.8. The molecule has 66 heavy (non-hydrogen) atoms. The van der Waals surface area contributed by atoms with Gasteiger partial charge in [-0.25, -0.2) is 9.97 Å². The number of aliphatic hydroxyl groups excluding tert-OH is 1. The minimum atomic E-state index is -0.397. The number of carbonyl (C=O) groups is 2. The summed E-state index contributed by atoms with van der Waals surface area (Å²) in [5, 5.41) is 17.1. The largest absolute Gasteiger partial charge is 0.392 e. The number of benzene rings is 1. The van der Waals surface area contributed by atoms with E-state index >= 15 is 0 Å². The van der Waals surface area contributed by atoms with Crippen LogP contribution in [0.5, 0.6) is 0 Å². The van der Waals surface area contributed by atoms with E-state index in [0.29, 0.717) is 70.8 Å². The van der Waals surface area contributed by atoms with E-state index in [0.717, 1.165) is 63.2 Å². The van der Waals surface area contributed by atoms with Crippen LogP contribution in [0.15, 0.2) is 78.5 Å². The van der Waals surface area contributed by atoms with Crippen molar-refractivity contribution in [3.8, 4) is 11.3 Å². The molecule has 4 aromatic heterocycles. The van der Waals surface area contributed by atoms with E-state index in [4.69, 9.17) is 4.98 Å². The zero-order valence-electron chi connectivity index (χ0n) is 39.3. The molecule has 2 saturated heterocycles. The van der Waals surface area contributed by atoms with Gasteiger partial charge in [-0.1, -0.05) is 34.3 Å². The van der Waals surface area contributed by atoms with Gasteiger partial charge < -0.3 is 34.7 Å². The summed E-state index contributed by atoms with van der Waals surface area (Å²) in [5.41, 5.74) is 8.71. The second kappa shape index (κ2) is 17.8. The lowest BCUT2D eigenvalue weighted by atomic mass is 9.90. The number of aryl methyl sites for hydroxylation is 1. The second-order valence-corrected chi connectivity index (χ2v) is 19.7. The van der Waals surface area contributed by atoms with Gasteiger partial charge in [0.2, 0.25) is 5.91 Å². The molecule has 0 spiro atoms. The van der Waals surface area contributed by atoms with Crippen LogP contribution in [-0.2, 0) is 37.8 Å². The Balaban J connectivity index is 0.928. The van der Waals surface area contributed by atoms with Gasteiger partial charge in [-0.15, -0.1) is 0 Å². The Morgan fingerprint density at radius 2 is 1.77 bits per heavy atom. The Morgan fingerprint density at radius 1 is 0.970 bits per heavy atom. The maximum atomic E-state index is 14.1. The number of aromatic nitrogens is 5. The number of pyridine rings is 2. The highest BCUT2D eigenvalue weighted by atomic mass is 16.3. The normalized spacial score (nSPS) is 20.7. The van der Waals surface area contributed by atoms with Gasteiger partial charge in [0, 0.05) is 117 Å². The lowest BCUT2D eigenvalue weighted by Gasteiger charge is -2.48. The number of rotatable bonds is 11. The highest BCUT2D eigenvalue weighted by Crippen LogP contribution is 2.41. The number of nitrogens with zero attached hydrogens (tertiary/aromatic N) is 9. The van der Waals surface area contributed by atoms with E-state index in [1.165, 1.54) is 27.6 Å². The van der Waals surface area contributed by atoms with Gasteiger partial charge in [0.25, 0.3) is 11.5 Å². The highest BCUT2D eigenvalue weighted by molar-refractivity contribution is 6.06. The van der Waals surface area contributed by atoms with Crippen molar-refractivity contribution in [2.45, 2.75) is 104 Å². The lowest BCUT2D eigenvalue weighted by molar-refractivity contribution is -0.111. The van der Waals surface area contributed by atoms with Crippen LogP contribution in [0.25, 0.3) is 11.3 Å². The number of amides is 2. The standard InChI is InChI=1S/C51H63N11O4/c1-9-46(64)55-41-24-35(10-11-43(41)60-19-18-58(28-33(60)5)36-14-17-59(32(4)22-36)37-12-15-52-40(25-37)31(2)3)54-47-50(66)57(8)29-42(56-47)38-13-16-53-48(39(38)30-63)62-21-20-61-44(49(62)65)23-34-26-51(6,7)27-45(34)61/h9-13,15-16,23-25,29,31-33,36,63H,1,14,17-22,26-28,30H2,2-8H3,(H,54,56)(H,55,64)/t32-,33-,36?/m0/s1. The summed E-state index contributed by atoms with van der Waals surface area (Å²) in [5.74, 6) is 0.310. The van der Waals surface area contributed by atoms with Crippen LogP contribution >= 0.6 is 0 Å². The van der Waals surface area contributed by atoms with Gasteiger partial charge in [0.1, 0.15) is 11.5 Å². The summed E-state index contributed by atoms with van der Waals surface area (Å²) < 4.78 is 3.59. The third-order valence-corrected chi connectivity index (χ3v) is 14.1. The molecule has 2 fully saturated rings. The minimum absolute atomic E-state index is 0.0573. The van der Waals surface area contributed by atoms with Gasteiger partial charge in [-0.05, 0) is 105 Å². The first-order chi connectivity index (χ1) is 31.6. The van der Waals surface area contributed by atoms with Gasteiger partial charge in [-0.2, -0.15) is 0 Å². The third kappa shape index (κ3) is 8.50. The molecular weight excluding hydrogens is 831 g/mol. The number of hydrogen-bond donors (Lipinski definition) is 3. The summed E-state index contributed by atoms with van der Waals surface area (Å²) >= 11 is 0. The molecule has 7 heterocycles. The van der Waals surface area contributed by atoms with E-state index in [1.54, 1.807) is 30.4 Å². The van der Waals surface area contributed by atoms with Crippen molar-refractivity contribution in [1.29, 1.82) is 0 Å². The number of aliphatic hydroxyl groups is 1. The van der Waals surface area contributed by atoms with Crippen molar-refractivity contribution >= 4 is 46.2 Å². The molecule has 3 aliphatic heterocycles. The predicted molar refractivity (Wildman–Crippen MR) is 261 cm³/mol. The van der Waals surface area contributed by atoms with Crippen LogP contribution in [0.1, 0.15) is 93.3 Å². The molecule has 346 valence electrons. The Hall–Kier alpha value is -6.32. The number of carbonyl (C=O) groups excluding carboxylic acids is 2. The highest BCUT2D eigenvalue weighted by Gasteiger charge is 2.38. The molecule has 3 N–H and O–H groups in total. The average molecular weight is 894 g/mol. The third-order valence-electron chi connectivity index (χ3n) is 14.1. The summed E-state index contributed by atoms with van der Waals surface area (Å²) in [7, 11) is 1.65. The SMILES string of the molecule is C=CC(=O)Nc1cc(Nc2nc(-c3ccnc(N4CCn5c(cc6c5CC(C)(C)C6)C4=O)c3CO)cn(C)c2=O)ccc1N1CCN(C2CCN(c3ccnc(C(C)C)c3)[C@@H](C)C2)C[C@@H]1C. The molecule has 3 atom stereocenters. The molecule has 0 radical (unpaired) electrons. The van der Waals surface area contributed by atoms with Crippen molar-refractivity contribution < 1.29 is 14.7 Å². The summed E-state index contributed by atoms with van der Waals surface area (Å²) in [6.07, 6.45) is 10.4. The quantitative estimate of drug-likeness (QED) is 0.119. The van der Waals surface area contributed by atoms with Gasteiger partial charge in [-0.3, -0.25) is 29.2 Å². The summed E-state index contributed by atoms with van der Waals surface area (Å²) in [6.45, 7) is 21.3. The maximum Gasteiger partial charge on any atom is 0.293 e. The number of piperidine rings is 1. The molecule has 1 aliphatic carbocycles. The van der Waals surface area contributed by atoms with Crippen LogP contribution in [0, 0.1) is 5.41 Å². The molecular formula is C51H63N11O4. The molecule has 5 aromatic rings. The molecule has 1 aromatic carbocycles. The zero-order valence-corrected chi connectivity index (χ0v) is 39.3. The van der Waals surface area contributed by atoms with E-state index < -0.39 is 6.61 Å². The molecule has 2 amide bonds. The first-order valence-corrected chi connectivity index (χ1v) is 23.4. The molecule has 0 saturated carbocycles. The van der Waals surface area contributed by atoms with Crippen molar-refractivity contribution in [2.24, 2.45) is 12.5 Å². The van der Waals surface area contributed by atoms with E-state index in [2.05, 4.69) is 100 Å². The molecule has 4 aliphatic rings. The Labute approximate surface area is 387 Å². The first kappa shape index (κ1) is 44.9. The topological polar surface area (TPSA) is 157 Å². The lowest BCUT2D eigenvalue weighted by Crippen LogP contribution is -2.58. The van der Waals surface area contributed by atoms with Crippen LogP contribution in [0.4, 0.5) is 34.4 Å². The predicted octanol–water partition coefficient (Wildman–Crippen LogP) is 6.88. The first-order valence-electron chi connectivity index (χ1n) is 23.4. The van der Waals surface area contributed by atoms with Crippen LogP contribution in [0.3, 0.4) is 0 Å². The number of nitrogens with one attached hydrogen (secondary N) is 2. The van der Waals surface area contributed by atoms with E-state index in [9.17, 15) is 19.5 Å². The summed E-state index contributed by atoms with van der Waals surface area (Å²) in [6, 6.07) is 14.9. The van der Waals surface area contributed by atoms with Crippen molar-refractivity contribution in [3.63, 3.8) is 0 Å². The molecule has 9 rings (SSSR count). The van der Waals surface area contributed by atoms with Crippen LogP contribution < -0.4 is 30.9 Å². The van der Waals surface area contributed by atoms with Crippen LogP contribution in [-0.4, -0.2) is 96.8 Å². The van der Waals surface area contributed by atoms with Crippen molar-refractivity contribution in [1.82, 2.24) is 29.0 Å². The minimum Gasteiger partial charge on any atom is -0.392 e. The van der Waals surface area contributed by atoms with Gasteiger partial charge in [0.15, 0.2) is 5.82 Å². The fraction of sp³-hybridized carbons (Fsp3) is 0.451. The Bertz CT molecular complexity index is 2760. The average Bonchev–Trinajstić information content (AvgIpc) is 3.79. The second-order valence-electron chi connectivity index (χ2n) is 19.7. The Kier molecular flexibility index (Phi) is 12.1. The monoisotopic (exact) mass is 894 g/mol. The van der Waals surface area contributed by atoms with Gasteiger partial charge in [0.05, 0.1) is 23.7 Å². The molecule has 15 nitrogen and oxygen atoms in total. The zero-order chi connectivity index (χ0) is 46.6. The van der Waals surface area contributed by atoms with Crippen molar-refractivity contribution in [3.05, 3.63) is 112 Å². The molecule has 0 bridgehead atoms. The molecule has 15 heteroatoms. The molecule has 1 unspecified atom stereocenters. The Morgan fingerprint density at radius 3 is 2.52 bits per heavy atom. The van der Waals surface area contributed by atoms with Crippen molar-refractivity contribution in [2.75, 3.05) is 58.1 Å².